The van der Waals surface area contributed by atoms with Gasteiger partial charge in [0.1, 0.15) is 11.6 Å². The van der Waals surface area contributed by atoms with Gasteiger partial charge in [-0.3, -0.25) is 0 Å². The van der Waals surface area contributed by atoms with Gasteiger partial charge in [-0.2, -0.15) is 0 Å². The molecule has 5 rings (SSSR count). The van der Waals surface area contributed by atoms with E-state index in [0.717, 1.165) is 47.9 Å². The summed E-state index contributed by atoms with van der Waals surface area (Å²) in [5, 5.41) is 11.1. The molecule has 0 saturated carbocycles. The van der Waals surface area contributed by atoms with Crippen molar-refractivity contribution in [2.45, 2.75) is 50.5 Å². The molecule has 1 aliphatic heterocycles. The van der Waals surface area contributed by atoms with Crippen molar-refractivity contribution in [2.75, 3.05) is 0 Å². The van der Waals surface area contributed by atoms with Gasteiger partial charge in [-0.1, -0.05) is 67.6 Å². The number of hydrogen-bond donors (Lipinski definition) is 1. The summed E-state index contributed by atoms with van der Waals surface area (Å²) in [6.07, 6.45) is 3.75. The van der Waals surface area contributed by atoms with Gasteiger partial charge in [0.2, 0.25) is 0 Å². The van der Waals surface area contributed by atoms with Crippen molar-refractivity contribution < 1.29 is 19.0 Å². The maximum Gasteiger partial charge on any atom is 0.335 e. The molecule has 4 heteroatoms. The Morgan fingerprint density at radius 2 is 1.77 bits per heavy atom. The van der Waals surface area contributed by atoms with Crippen molar-refractivity contribution >= 4 is 16.7 Å². The third kappa shape index (κ3) is 4.79. The molecule has 0 bridgehead atoms. The van der Waals surface area contributed by atoms with Gasteiger partial charge in [0.15, 0.2) is 0 Å². The first kappa shape index (κ1) is 23.1. The van der Waals surface area contributed by atoms with Crippen molar-refractivity contribution in [2.24, 2.45) is 0 Å². The van der Waals surface area contributed by atoms with Gasteiger partial charge in [0.25, 0.3) is 0 Å². The number of fused-ring (bicyclic) bond motifs is 2. The first-order chi connectivity index (χ1) is 17.0. The Morgan fingerprint density at radius 3 is 2.60 bits per heavy atom. The van der Waals surface area contributed by atoms with E-state index in [1.165, 1.54) is 5.56 Å². The second-order valence-electron chi connectivity index (χ2n) is 9.51. The standard InChI is InChI=1S/C31H29FO3/c1-20(24-16-17-29(32)26-13-3-2-12-25(24)26)8-6-11-23-19-28(27-14-4-5-15-30(27)35-23)21-9-7-10-22(18-21)31(33)34/h2-5,7,9-10,12-18,20,23,28H,6,8,11,19H2,1H3,(H,33,34)/t20-,23?,28?/m0/s1. The average molecular weight is 469 g/mol. The molecule has 1 aliphatic rings. The highest BCUT2D eigenvalue weighted by Gasteiger charge is 2.29. The molecule has 0 amide bonds. The minimum Gasteiger partial charge on any atom is -0.490 e. The highest BCUT2D eigenvalue weighted by atomic mass is 19.1. The average Bonchev–Trinajstić information content (AvgIpc) is 2.88. The van der Waals surface area contributed by atoms with Gasteiger partial charge in [-0.25, -0.2) is 9.18 Å². The monoisotopic (exact) mass is 468 g/mol. The fourth-order valence-electron chi connectivity index (χ4n) is 5.40. The fourth-order valence-corrected chi connectivity index (χ4v) is 5.40. The van der Waals surface area contributed by atoms with E-state index in [1.54, 1.807) is 18.2 Å². The van der Waals surface area contributed by atoms with Crippen LogP contribution < -0.4 is 4.74 Å². The summed E-state index contributed by atoms with van der Waals surface area (Å²) < 4.78 is 20.6. The summed E-state index contributed by atoms with van der Waals surface area (Å²) in [4.78, 5) is 11.5. The molecule has 0 aliphatic carbocycles. The van der Waals surface area contributed by atoms with Crippen LogP contribution in [0, 0.1) is 5.82 Å². The number of carboxylic acids is 1. The van der Waals surface area contributed by atoms with Crippen molar-refractivity contribution in [1.82, 2.24) is 0 Å². The minimum atomic E-state index is -0.911. The molecular weight excluding hydrogens is 439 g/mol. The van der Waals surface area contributed by atoms with Crippen LogP contribution in [-0.4, -0.2) is 17.2 Å². The van der Waals surface area contributed by atoms with Gasteiger partial charge in [0.05, 0.1) is 11.7 Å². The summed E-state index contributed by atoms with van der Waals surface area (Å²) in [6, 6.07) is 26.5. The Morgan fingerprint density at radius 1 is 1.00 bits per heavy atom. The van der Waals surface area contributed by atoms with Gasteiger partial charge in [-0.15, -0.1) is 0 Å². The first-order valence-electron chi connectivity index (χ1n) is 12.3. The summed E-state index contributed by atoms with van der Waals surface area (Å²) >= 11 is 0. The number of rotatable bonds is 7. The van der Waals surface area contributed by atoms with Crippen molar-refractivity contribution in [3.63, 3.8) is 0 Å². The lowest BCUT2D eigenvalue weighted by Crippen LogP contribution is -2.26. The first-order valence-corrected chi connectivity index (χ1v) is 12.3. The third-order valence-corrected chi connectivity index (χ3v) is 7.22. The number of benzene rings is 4. The Labute approximate surface area is 205 Å². The van der Waals surface area contributed by atoms with E-state index >= 15 is 0 Å². The maximum atomic E-state index is 14.2. The summed E-state index contributed by atoms with van der Waals surface area (Å²) in [5.74, 6) is 0.198. The summed E-state index contributed by atoms with van der Waals surface area (Å²) in [5.41, 5.74) is 3.61. The van der Waals surface area contributed by atoms with Crippen LogP contribution in [0.3, 0.4) is 0 Å². The molecule has 4 aromatic rings. The smallest absolute Gasteiger partial charge is 0.335 e. The van der Waals surface area contributed by atoms with Crippen LogP contribution in [0.25, 0.3) is 10.8 Å². The third-order valence-electron chi connectivity index (χ3n) is 7.22. The highest BCUT2D eigenvalue weighted by molar-refractivity contribution is 5.88. The van der Waals surface area contributed by atoms with Gasteiger partial charge < -0.3 is 9.84 Å². The zero-order chi connectivity index (χ0) is 24.4. The molecule has 0 saturated heterocycles. The molecule has 4 aromatic carbocycles. The molecule has 0 fully saturated rings. The molecule has 1 heterocycles. The number of carboxylic acid groups (broad SMARTS) is 1. The number of carbonyl (C=O) groups is 1. The van der Waals surface area contributed by atoms with Crippen molar-refractivity contribution in [1.29, 1.82) is 0 Å². The van der Waals surface area contributed by atoms with Gasteiger partial charge >= 0.3 is 5.97 Å². The number of para-hydroxylation sites is 1. The predicted octanol–water partition coefficient (Wildman–Crippen LogP) is 7.93. The maximum absolute atomic E-state index is 14.2. The topological polar surface area (TPSA) is 46.5 Å². The Hall–Kier alpha value is -3.66. The molecule has 3 atom stereocenters. The Kier molecular flexibility index (Phi) is 6.54. The quantitative estimate of drug-likeness (QED) is 0.299. The van der Waals surface area contributed by atoms with Crippen LogP contribution in [-0.2, 0) is 0 Å². The van der Waals surface area contributed by atoms with E-state index in [9.17, 15) is 14.3 Å². The molecule has 1 N–H and O–H groups in total. The van der Waals surface area contributed by atoms with E-state index in [-0.39, 0.29) is 17.8 Å². The zero-order valence-corrected chi connectivity index (χ0v) is 19.8. The highest BCUT2D eigenvalue weighted by Crippen LogP contribution is 2.42. The molecule has 2 unspecified atom stereocenters. The largest absolute Gasteiger partial charge is 0.490 e. The summed E-state index contributed by atoms with van der Waals surface area (Å²) in [7, 11) is 0. The SMILES string of the molecule is C[C@@H](CCCC1CC(c2cccc(C(=O)O)c2)c2ccccc2O1)c1ccc(F)c2ccccc12. The second-order valence-corrected chi connectivity index (χ2v) is 9.51. The van der Waals surface area contributed by atoms with Gasteiger partial charge in [-0.05, 0) is 72.4 Å². The van der Waals surface area contributed by atoms with Crippen molar-refractivity contribution in [3.8, 4) is 5.75 Å². The lowest BCUT2D eigenvalue weighted by Gasteiger charge is -2.33. The van der Waals surface area contributed by atoms with Crippen LogP contribution in [0.1, 0.15) is 71.5 Å². The van der Waals surface area contributed by atoms with Crippen LogP contribution in [0.15, 0.2) is 84.9 Å². The number of halogens is 1. The Bertz CT molecular complexity index is 1360. The van der Waals surface area contributed by atoms with E-state index in [0.29, 0.717) is 16.9 Å². The Balaban J connectivity index is 1.31. The molecular formula is C31H29FO3. The zero-order valence-electron chi connectivity index (χ0n) is 19.8. The summed E-state index contributed by atoms with van der Waals surface area (Å²) in [6.45, 7) is 2.21. The molecule has 0 spiro atoms. The molecule has 0 radical (unpaired) electrons. The molecule has 35 heavy (non-hydrogen) atoms. The number of ether oxygens (including phenoxy) is 1. The van der Waals surface area contributed by atoms with E-state index in [1.807, 2.05) is 60.7 Å². The van der Waals surface area contributed by atoms with E-state index < -0.39 is 5.97 Å². The van der Waals surface area contributed by atoms with E-state index in [2.05, 4.69) is 13.0 Å². The minimum absolute atomic E-state index is 0.0561. The second kappa shape index (κ2) is 9.91. The molecule has 178 valence electrons. The lowest BCUT2D eigenvalue weighted by molar-refractivity contribution is 0.0696. The van der Waals surface area contributed by atoms with Crippen LogP contribution in [0.4, 0.5) is 4.39 Å². The predicted molar refractivity (Wildman–Crippen MR) is 137 cm³/mol. The number of aromatic carboxylic acids is 1. The van der Waals surface area contributed by atoms with Crippen LogP contribution in [0.2, 0.25) is 0 Å². The lowest BCUT2D eigenvalue weighted by atomic mass is 9.82. The molecule has 3 nitrogen and oxygen atoms in total. The van der Waals surface area contributed by atoms with Crippen LogP contribution >= 0.6 is 0 Å². The van der Waals surface area contributed by atoms with Crippen LogP contribution in [0.5, 0.6) is 5.75 Å². The number of hydrogen-bond acceptors (Lipinski definition) is 2. The van der Waals surface area contributed by atoms with E-state index in [4.69, 9.17) is 4.74 Å². The normalized spacial score (nSPS) is 18.0. The fraction of sp³-hybridized carbons (Fsp3) is 0.258. The van der Waals surface area contributed by atoms with Crippen molar-refractivity contribution in [3.05, 3.63) is 113 Å². The molecule has 0 aromatic heterocycles. The van der Waals surface area contributed by atoms with Gasteiger partial charge in [0, 0.05) is 16.9 Å².